The van der Waals surface area contributed by atoms with Crippen LogP contribution in [-0.2, 0) is 9.53 Å². The Morgan fingerprint density at radius 3 is 2.74 bits per heavy atom. The first-order valence-electron chi connectivity index (χ1n) is 6.91. The molecule has 110 valence electrons. The number of amides is 2. The number of carboxylic acids is 1. The number of carbonyl (C=O) groups is 2. The van der Waals surface area contributed by atoms with Crippen LogP contribution < -0.4 is 5.32 Å². The highest BCUT2D eigenvalue weighted by Crippen LogP contribution is 2.11. The lowest BCUT2D eigenvalue weighted by Crippen LogP contribution is -2.46. The smallest absolute Gasteiger partial charge is 0.317 e. The van der Waals surface area contributed by atoms with E-state index in [4.69, 9.17) is 9.84 Å². The number of rotatable bonds is 6. The molecule has 1 fully saturated rings. The second-order valence-electron chi connectivity index (χ2n) is 4.95. The zero-order valence-electron chi connectivity index (χ0n) is 11.7. The second-order valence-corrected chi connectivity index (χ2v) is 4.95. The van der Waals surface area contributed by atoms with Gasteiger partial charge < -0.3 is 20.1 Å². The number of nitrogens with zero attached hydrogens (tertiary/aromatic N) is 1. The Balaban J connectivity index is 2.34. The summed E-state index contributed by atoms with van der Waals surface area (Å²) in [6.45, 7) is 5.41. The third-order valence-electron chi connectivity index (χ3n) is 3.34. The number of ether oxygens (including phenoxy) is 1. The summed E-state index contributed by atoms with van der Waals surface area (Å²) in [4.78, 5) is 24.3. The zero-order valence-corrected chi connectivity index (χ0v) is 11.7. The van der Waals surface area contributed by atoms with Gasteiger partial charge in [0, 0.05) is 26.2 Å². The number of nitrogens with one attached hydrogen (secondary N) is 1. The van der Waals surface area contributed by atoms with Crippen molar-refractivity contribution in [3.8, 4) is 0 Å². The third-order valence-corrected chi connectivity index (χ3v) is 3.34. The van der Waals surface area contributed by atoms with Gasteiger partial charge in [0.1, 0.15) is 0 Å². The number of aliphatic carboxylic acids is 1. The van der Waals surface area contributed by atoms with Gasteiger partial charge in [0.25, 0.3) is 0 Å². The fourth-order valence-corrected chi connectivity index (χ4v) is 2.05. The molecule has 2 amide bonds. The lowest BCUT2D eigenvalue weighted by Gasteiger charge is -2.26. The molecule has 0 aliphatic carbocycles. The number of hydrogen-bond donors (Lipinski definition) is 2. The van der Waals surface area contributed by atoms with Crippen molar-refractivity contribution in [1.82, 2.24) is 10.2 Å². The van der Waals surface area contributed by atoms with E-state index >= 15 is 0 Å². The first-order chi connectivity index (χ1) is 9.04. The largest absolute Gasteiger partial charge is 0.481 e. The maximum absolute atomic E-state index is 11.9. The summed E-state index contributed by atoms with van der Waals surface area (Å²) in [5, 5.41) is 11.7. The van der Waals surface area contributed by atoms with E-state index in [1.54, 1.807) is 6.92 Å². The van der Waals surface area contributed by atoms with Crippen LogP contribution in [0.2, 0.25) is 0 Å². The molecule has 1 heterocycles. The van der Waals surface area contributed by atoms with Crippen LogP contribution in [0.1, 0.15) is 33.1 Å². The average molecular weight is 272 g/mol. The van der Waals surface area contributed by atoms with E-state index in [-0.39, 0.29) is 18.7 Å². The Bertz CT molecular complexity index is 303. The minimum Gasteiger partial charge on any atom is -0.481 e. The molecule has 19 heavy (non-hydrogen) atoms. The molecule has 0 aromatic heterocycles. The molecule has 6 heteroatoms. The van der Waals surface area contributed by atoms with Crippen LogP contribution in [0.15, 0.2) is 0 Å². The molecule has 0 saturated carbocycles. The van der Waals surface area contributed by atoms with Crippen molar-refractivity contribution < 1.29 is 19.4 Å². The SMILES string of the molecule is CCN(CC(C)C(=O)O)C(=O)NCC1CCCCO1. The van der Waals surface area contributed by atoms with Gasteiger partial charge in [-0.2, -0.15) is 0 Å². The van der Waals surface area contributed by atoms with Crippen LogP contribution in [0.5, 0.6) is 0 Å². The van der Waals surface area contributed by atoms with E-state index in [0.29, 0.717) is 13.1 Å². The van der Waals surface area contributed by atoms with Gasteiger partial charge in [-0.3, -0.25) is 4.79 Å². The molecule has 0 aromatic rings. The summed E-state index contributed by atoms with van der Waals surface area (Å²) in [7, 11) is 0. The molecule has 1 saturated heterocycles. The summed E-state index contributed by atoms with van der Waals surface area (Å²) in [6.07, 6.45) is 3.28. The van der Waals surface area contributed by atoms with Crippen LogP contribution in [-0.4, -0.2) is 54.4 Å². The Kier molecular flexibility index (Phi) is 6.62. The van der Waals surface area contributed by atoms with Gasteiger partial charge in [-0.25, -0.2) is 4.79 Å². The lowest BCUT2D eigenvalue weighted by atomic mass is 10.1. The molecule has 2 atom stereocenters. The highest BCUT2D eigenvalue weighted by Gasteiger charge is 2.20. The predicted octanol–water partition coefficient (Wildman–Crippen LogP) is 1.31. The maximum atomic E-state index is 11.9. The van der Waals surface area contributed by atoms with Crippen LogP contribution >= 0.6 is 0 Å². The monoisotopic (exact) mass is 272 g/mol. The highest BCUT2D eigenvalue weighted by atomic mass is 16.5. The van der Waals surface area contributed by atoms with Crippen molar-refractivity contribution >= 4 is 12.0 Å². The van der Waals surface area contributed by atoms with E-state index in [9.17, 15) is 9.59 Å². The summed E-state index contributed by atoms with van der Waals surface area (Å²) in [5.74, 6) is -1.45. The van der Waals surface area contributed by atoms with E-state index in [0.717, 1.165) is 25.9 Å². The topological polar surface area (TPSA) is 78.9 Å². The molecule has 6 nitrogen and oxygen atoms in total. The highest BCUT2D eigenvalue weighted by molar-refractivity contribution is 5.75. The minimum atomic E-state index is -0.887. The van der Waals surface area contributed by atoms with Gasteiger partial charge >= 0.3 is 12.0 Å². The molecule has 1 aliphatic heterocycles. The van der Waals surface area contributed by atoms with Crippen molar-refractivity contribution in [3.05, 3.63) is 0 Å². The molecular weight excluding hydrogens is 248 g/mol. The molecule has 2 N–H and O–H groups in total. The Labute approximate surface area is 114 Å². The minimum absolute atomic E-state index is 0.0910. The number of hydrogen-bond acceptors (Lipinski definition) is 3. The van der Waals surface area contributed by atoms with Gasteiger partial charge in [0.15, 0.2) is 0 Å². The molecule has 2 unspecified atom stereocenters. The fraction of sp³-hybridized carbons (Fsp3) is 0.846. The molecular formula is C13H24N2O4. The summed E-state index contributed by atoms with van der Waals surface area (Å²) < 4.78 is 5.53. The van der Waals surface area contributed by atoms with Crippen molar-refractivity contribution in [2.24, 2.45) is 5.92 Å². The van der Waals surface area contributed by atoms with Gasteiger partial charge in [0.05, 0.1) is 12.0 Å². The van der Waals surface area contributed by atoms with Gasteiger partial charge in [-0.05, 0) is 26.2 Å². The quantitative estimate of drug-likeness (QED) is 0.764. The van der Waals surface area contributed by atoms with Crippen LogP contribution in [0.3, 0.4) is 0 Å². The molecule has 1 rings (SSSR count). The Hall–Kier alpha value is -1.30. The first kappa shape index (κ1) is 15.8. The van der Waals surface area contributed by atoms with Crippen LogP contribution in [0.25, 0.3) is 0 Å². The molecule has 0 bridgehead atoms. The van der Waals surface area contributed by atoms with E-state index in [1.165, 1.54) is 4.90 Å². The molecule has 0 aromatic carbocycles. The average Bonchev–Trinajstić information content (AvgIpc) is 2.42. The fourth-order valence-electron chi connectivity index (χ4n) is 2.05. The maximum Gasteiger partial charge on any atom is 0.317 e. The third kappa shape index (κ3) is 5.46. The summed E-state index contributed by atoms with van der Waals surface area (Å²) in [5.41, 5.74) is 0. The van der Waals surface area contributed by atoms with E-state index in [1.807, 2.05) is 6.92 Å². The van der Waals surface area contributed by atoms with Crippen molar-refractivity contribution in [2.75, 3.05) is 26.2 Å². The number of urea groups is 1. The Morgan fingerprint density at radius 1 is 1.47 bits per heavy atom. The normalized spacial score (nSPS) is 20.6. The second kappa shape index (κ2) is 7.99. The predicted molar refractivity (Wildman–Crippen MR) is 71.0 cm³/mol. The zero-order chi connectivity index (χ0) is 14.3. The van der Waals surface area contributed by atoms with Gasteiger partial charge in [-0.1, -0.05) is 6.92 Å². The Morgan fingerprint density at radius 2 is 2.21 bits per heavy atom. The standard InChI is InChI=1S/C13H24N2O4/c1-3-15(9-10(2)12(16)17)13(18)14-8-11-6-4-5-7-19-11/h10-11H,3-9H2,1-2H3,(H,14,18)(H,16,17). The van der Waals surface area contributed by atoms with Crippen LogP contribution in [0.4, 0.5) is 4.79 Å². The number of carbonyl (C=O) groups excluding carboxylic acids is 1. The van der Waals surface area contributed by atoms with Crippen LogP contribution in [0, 0.1) is 5.92 Å². The van der Waals surface area contributed by atoms with Crippen molar-refractivity contribution in [2.45, 2.75) is 39.2 Å². The van der Waals surface area contributed by atoms with E-state index < -0.39 is 11.9 Å². The van der Waals surface area contributed by atoms with Gasteiger partial charge in [0.2, 0.25) is 0 Å². The first-order valence-corrected chi connectivity index (χ1v) is 6.91. The molecule has 0 spiro atoms. The number of carboxylic acid groups (broad SMARTS) is 1. The molecule has 1 aliphatic rings. The summed E-state index contributed by atoms with van der Waals surface area (Å²) >= 11 is 0. The molecule has 0 radical (unpaired) electrons. The summed E-state index contributed by atoms with van der Waals surface area (Å²) in [6, 6.07) is -0.218. The van der Waals surface area contributed by atoms with Crippen molar-refractivity contribution in [3.63, 3.8) is 0 Å². The van der Waals surface area contributed by atoms with Gasteiger partial charge in [-0.15, -0.1) is 0 Å². The lowest BCUT2D eigenvalue weighted by molar-refractivity contribution is -0.141. The van der Waals surface area contributed by atoms with E-state index in [2.05, 4.69) is 5.32 Å². The van der Waals surface area contributed by atoms with Crippen molar-refractivity contribution in [1.29, 1.82) is 0 Å².